The van der Waals surface area contributed by atoms with E-state index in [1.54, 1.807) is 0 Å². The van der Waals surface area contributed by atoms with Gasteiger partial charge in [0.25, 0.3) is 0 Å². The quantitative estimate of drug-likeness (QED) is 0.208. The molecule has 0 aliphatic rings. The summed E-state index contributed by atoms with van der Waals surface area (Å²) in [5, 5.41) is 0. The molecule has 0 saturated heterocycles. The molecule has 0 heterocycles. The molecular formula is C4H12O16S4Ti. The maximum atomic E-state index is 9.22. The van der Waals surface area contributed by atoms with Gasteiger partial charge in [-0.3, -0.25) is 16.7 Å². The molecule has 0 radical (unpaired) electrons. The fourth-order valence-corrected chi connectivity index (χ4v) is 0. The molecule has 152 valence electrons. The van der Waals surface area contributed by atoms with Gasteiger partial charge in [0.2, 0.25) is 41.6 Å². The van der Waals surface area contributed by atoms with E-state index < -0.39 is 41.6 Å². The zero-order valence-electron chi connectivity index (χ0n) is 12.7. The smallest absolute Gasteiger partial charge is 0.726 e. The van der Waals surface area contributed by atoms with Gasteiger partial charge in [-0.1, -0.05) is 0 Å². The van der Waals surface area contributed by atoms with E-state index in [1.807, 2.05) is 0 Å². The van der Waals surface area contributed by atoms with Crippen molar-refractivity contribution in [2.24, 2.45) is 0 Å². The predicted molar refractivity (Wildman–Crippen MR) is 66.8 cm³/mol. The molecule has 0 bridgehead atoms. The first-order valence-corrected chi connectivity index (χ1v) is 9.63. The standard InChI is InChI=1S/4CH4O4S.Ti/c4*1-5-6(2,3)4;/h4*1H3,(H,2,3,4);/q;;;;+4/p-4. The molecular weight excluding hydrogens is 480 g/mol. The van der Waals surface area contributed by atoms with Crippen LogP contribution in [0.3, 0.4) is 0 Å². The van der Waals surface area contributed by atoms with Gasteiger partial charge in [0.15, 0.2) is 0 Å². The third-order valence-electron chi connectivity index (χ3n) is 0.816. The van der Waals surface area contributed by atoms with E-state index in [4.69, 9.17) is 0 Å². The Kier molecular flexibility index (Phi) is 23.7. The van der Waals surface area contributed by atoms with E-state index in [-0.39, 0.29) is 21.7 Å². The van der Waals surface area contributed by atoms with Crippen LogP contribution in [0.15, 0.2) is 0 Å². The molecule has 0 fully saturated rings. The summed E-state index contributed by atoms with van der Waals surface area (Å²) in [7, 11) is -14.4. The van der Waals surface area contributed by atoms with Crippen LogP contribution in [-0.2, 0) is 80.0 Å². The van der Waals surface area contributed by atoms with Crippen LogP contribution < -0.4 is 0 Å². The van der Waals surface area contributed by atoms with Crippen molar-refractivity contribution >= 4 is 41.6 Å². The molecule has 0 unspecified atom stereocenters. The van der Waals surface area contributed by atoms with Crippen molar-refractivity contribution in [1.82, 2.24) is 0 Å². The van der Waals surface area contributed by atoms with Crippen LogP contribution in [0.2, 0.25) is 0 Å². The van der Waals surface area contributed by atoms with Gasteiger partial charge in [-0.2, -0.15) is 0 Å². The molecule has 0 atom stereocenters. The Morgan fingerprint density at radius 3 is 0.480 bits per heavy atom. The Bertz CT molecular complexity index is 572. The zero-order valence-corrected chi connectivity index (χ0v) is 17.5. The second-order valence-corrected chi connectivity index (χ2v) is 6.90. The van der Waals surface area contributed by atoms with Gasteiger partial charge in [0.05, 0.1) is 28.4 Å². The van der Waals surface area contributed by atoms with Gasteiger partial charge >= 0.3 is 21.7 Å². The average Bonchev–Trinajstić information content (AvgIpc) is 2.37. The molecule has 25 heavy (non-hydrogen) atoms. The van der Waals surface area contributed by atoms with Gasteiger partial charge in [-0.25, -0.2) is 33.7 Å². The summed E-state index contributed by atoms with van der Waals surface area (Å²) in [4.78, 5) is 0. The SMILES string of the molecule is COS(=O)(=O)[O-].COS(=O)(=O)[O-].COS(=O)(=O)[O-].COS(=O)(=O)[O-].[Ti+4]. The van der Waals surface area contributed by atoms with Crippen LogP contribution in [0.4, 0.5) is 0 Å². The normalized spacial score (nSPS) is 11.2. The fourth-order valence-electron chi connectivity index (χ4n) is 0. The average molecular weight is 492 g/mol. The van der Waals surface area contributed by atoms with E-state index in [0.717, 1.165) is 28.4 Å². The molecule has 0 saturated carbocycles. The molecule has 0 rings (SSSR count). The Hall–Kier alpha value is 0.194. The topological polar surface area (TPSA) is 266 Å². The van der Waals surface area contributed by atoms with E-state index in [2.05, 4.69) is 16.7 Å². The molecule has 0 N–H and O–H groups in total. The van der Waals surface area contributed by atoms with E-state index >= 15 is 0 Å². The Morgan fingerprint density at radius 2 is 0.480 bits per heavy atom. The minimum atomic E-state index is -4.41. The van der Waals surface area contributed by atoms with E-state index in [0.29, 0.717) is 0 Å². The molecule has 0 aliphatic carbocycles. The third-order valence-corrected chi connectivity index (χ3v) is 2.45. The second kappa shape index (κ2) is 16.4. The summed E-state index contributed by atoms with van der Waals surface area (Å²) in [6, 6.07) is 0. The summed E-state index contributed by atoms with van der Waals surface area (Å²) in [6.07, 6.45) is 0. The molecule has 0 aliphatic heterocycles. The molecule has 16 nitrogen and oxygen atoms in total. The van der Waals surface area contributed by atoms with Gasteiger partial charge in [0, 0.05) is 0 Å². The molecule has 0 spiro atoms. The fraction of sp³-hybridized carbons (Fsp3) is 1.00. The van der Waals surface area contributed by atoms with Crippen LogP contribution in [0.5, 0.6) is 0 Å². The minimum Gasteiger partial charge on any atom is -0.726 e. The summed E-state index contributed by atoms with van der Waals surface area (Å²) < 4.78 is 124. The molecule has 0 amide bonds. The summed E-state index contributed by atoms with van der Waals surface area (Å²) in [5.41, 5.74) is 0. The van der Waals surface area contributed by atoms with Crippen molar-refractivity contribution in [1.29, 1.82) is 0 Å². The zero-order chi connectivity index (χ0) is 20.8. The maximum absolute atomic E-state index is 9.22. The summed E-state index contributed by atoms with van der Waals surface area (Å²) >= 11 is 0. The molecule has 0 aromatic rings. The van der Waals surface area contributed by atoms with Crippen molar-refractivity contribution in [3.8, 4) is 0 Å². The van der Waals surface area contributed by atoms with Crippen LogP contribution in [0.25, 0.3) is 0 Å². The van der Waals surface area contributed by atoms with Gasteiger partial charge in [-0.15, -0.1) is 0 Å². The largest absolute Gasteiger partial charge is 4.00 e. The Morgan fingerprint density at radius 1 is 0.440 bits per heavy atom. The Labute approximate surface area is 160 Å². The van der Waals surface area contributed by atoms with Gasteiger partial charge in [0.1, 0.15) is 0 Å². The second-order valence-electron chi connectivity index (χ2n) is 2.30. The van der Waals surface area contributed by atoms with Gasteiger partial charge < -0.3 is 18.2 Å². The first-order chi connectivity index (χ1) is 10.2. The predicted octanol–water partition coefficient (Wildman–Crippen LogP) is -3.63. The van der Waals surface area contributed by atoms with Crippen LogP contribution in [-0.4, -0.2) is 80.3 Å². The first kappa shape index (κ1) is 36.2. The van der Waals surface area contributed by atoms with Crippen LogP contribution >= 0.6 is 0 Å². The number of hydrogen-bond donors (Lipinski definition) is 0. The first-order valence-electron chi connectivity index (χ1n) is 4.30. The molecule has 0 aromatic carbocycles. The third kappa shape index (κ3) is 80.1. The molecule has 21 heteroatoms. The van der Waals surface area contributed by atoms with E-state index in [9.17, 15) is 51.9 Å². The van der Waals surface area contributed by atoms with Crippen molar-refractivity contribution in [2.45, 2.75) is 0 Å². The Balaban J connectivity index is -0.0000000702. The minimum absolute atomic E-state index is 0. The van der Waals surface area contributed by atoms with Crippen molar-refractivity contribution in [2.75, 3.05) is 28.4 Å². The van der Waals surface area contributed by atoms with Gasteiger partial charge in [-0.05, 0) is 0 Å². The number of rotatable bonds is 4. The maximum Gasteiger partial charge on any atom is 4.00 e. The van der Waals surface area contributed by atoms with Crippen LogP contribution in [0, 0.1) is 0 Å². The van der Waals surface area contributed by atoms with Crippen molar-refractivity contribution in [3.05, 3.63) is 0 Å². The number of hydrogen-bond acceptors (Lipinski definition) is 16. The van der Waals surface area contributed by atoms with Crippen molar-refractivity contribution < 1.29 is 90.3 Å². The summed E-state index contributed by atoms with van der Waals surface area (Å²) in [6.45, 7) is 0. The summed E-state index contributed by atoms with van der Waals surface area (Å²) in [5.74, 6) is 0. The monoisotopic (exact) mass is 492 g/mol. The molecule has 0 aromatic heterocycles. The van der Waals surface area contributed by atoms with Crippen molar-refractivity contribution in [3.63, 3.8) is 0 Å². The van der Waals surface area contributed by atoms with Crippen LogP contribution in [0.1, 0.15) is 0 Å². The van der Waals surface area contributed by atoms with E-state index in [1.165, 1.54) is 0 Å².